The number of amides is 1. The van der Waals surface area contributed by atoms with Gasteiger partial charge in [0.1, 0.15) is 11.3 Å². The van der Waals surface area contributed by atoms with Gasteiger partial charge in [-0.25, -0.2) is 5.43 Å². The Labute approximate surface area is 199 Å². The zero-order valence-electron chi connectivity index (χ0n) is 17.9. The summed E-state index contributed by atoms with van der Waals surface area (Å²) in [5.74, 6) is -0.702. The zero-order valence-corrected chi connectivity index (χ0v) is 17.9. The Morgan fingerprint density at radius 1 is 0.861 bits per heavy atom. The third-order valence-electron chi connectivity index (χ3n) is 4.77. The third kappa shape index (κ3) is 5.12. The van der Waals surface area contributed by atoms with Crippen LogP contribution in [0.1, 0.15) is 16.1 Å². The van der Waals surface area contributed by atoms with Crippen LogP contribution in [0.3, 0.4) is 0 Å². The second kappa shape index (κ2) is 9.68. The summed E-state index contributed by atoms with van der Waals surface area (Å²) in [6.07, 6.45) is 1.32. The molecule has 36 heavy (non-hydrogen) atoms. The standard InChI is InChI=1S/C22H13N5O9/c28-22(21-10-14-9-15(25(29)30)3-7-19(14)36-21)24-23-12-13-1-5-17(6-2-13)35-20-8-4-16(26(31)32)11-18(20)27(33)34/h1-12H,(H,24,28)/b23-12+. The highest BCUT2D eigenvalue weighted by Crippen LogP contribution is 2.34. The van der Waals surface area contributed by atoms with Crippen molar-refractivity contribution in [3.05, 3.63) is 108 Å². The van der Waals surface area contributed by atoms with Crippen molar-refractivity contribution in [2.24, 2.45) is 5.10 Å². The van der Waals surface area contributed by atoms with Gasteiger partial charge in [0.25, 0.3) is 11.4 Å². The molecule has 0 bridgehead atoms. The monoisotopic (exact) mass is 491 g/mol. The Morgan fingerprint density at radius 2 is 1.53 bits per heavy atom. The molecule has 0 radical (unpaired) electrons. The first-order valence-corrected chi connectivity index (χ1v) is 9.93. The lowest BCUT2D eigenvalue weighted by Gasteiger charge is -2.06. The van der Waals surface area contributed by atoms with Crippen LogP contribution in [-0.2, 0) is 0 Å². The number of nitrogens with zero attached hydrogens (tertiary/aromatic N) is 4. The Morgan fingerprint density at radius 3 is 2.19 bits per heavy atom. The molecule has 14 heteroatoms. The number of non-ortho nitro benzene ring substituents is 2. The maximum Gasteiger partial charge on any atom is 0.318 e. The summed E-state index contributed by atoms with van der Waals surface area (Å²) in [5.41, 5.74) is 1.99. The lowest BCUT2D eigenvalue weighted by molar-refractivity contribution is -0.394. The Bertz CT molecular complexity index is 1540. The first kappa shape index (κ1) is 23.5. The molecule has 180 valence electrons. The molecule has 0 aliphatic rings. The van der Waals surface area contributed by atoms with Crippen LogP contribution in [0.2, 0.25) is 0 Å². The summed E-state index contributed by atoms with van der Waals surface area (Å²) in [4.78, 5) is 43.1. The highest BCUT2D eigenvalue weighted by atomic mass is 16.6. The van der Waals surface area contributed by atoms with E-state index in [0.717, 1.165) is 18.2 Å². The van der Waals surface area contributed by atoms with Gasteiger partial charge in [-0.05, 0) is 48.0 Å². The molecule has 0 aliphatic carbocycles. The predicted octanol–water partition coefficient (Wildman–Crippen LogP) is 4.71. The minimum absolute atomic E-state index is 0.0870. The number of carbonyl (C=O) groups excluding carboxylic acids is 1. The average molecular weight is 491 g/mol. The molecule has 0 saturated carbocycles. The van der Waals surface area contributed by atoms with Crippen molar-refractivity contribution < 1.29 is 28.7 Å². The van der Waals surface area contributed by atoms with Crippen LogP contribution in [0.5, 0.6) is 11.5 Å². The van der Waals surface area contributed by atoms with Crippen LogP contribution in [0.4, 0.5) is 17.1 Å². The van der Waals surface area contributed by atoms with Crippen LogP contribution >= 0.6 is 0 Å². The zero-order chi connectivity index (χ0) is 25.8. The SMILES string of the molecule is O=C(N/N=C/c1ccc(Oc2ccc([N+](=O)[O-])cc2[N+](=O)[O-])cc1)c1cc2cc([N+](=O)[O-])ccc2o1. The fourth-order valence-electron chi connectivity index (χ4n) is 3.07. The molecule has 1 aromatic heterocycles. The number of rotatable bonds is 8. The van der Waals surface area contributed by atoms with E-state index in [-0.39, 0.29) is 22.9 Å². The maximum atomic E-state index is 12.3. The van der Waals surface area contributed by atoms with Gasteiger partial charge in [0.15, 0.2) is 5.76 Å². The molecule has 1 amide bonds. The van der Waals surface area contributed by atoms with Gasteiger partial charge in [0.05, 0.1) is 27.1 Å². The van der Waals surface area contributed by atoms with Gasteiger partial charge in [-0.2, -0.15) is 5.10 Å². The van der Waals surface area contributed by atoms with E-state index >= 15 is 0 Å². The molecule has 0 atom stereocenters. The summed E-state index contributed by atoms with van der Waals surface area (Å²) in [6.45, 7) is 0. The van der Waals surface area contributed by atoms with Gasteiger partial charge >= 0.3 is 11.6 Å². The molecule has 0 spiro atoms. The van der Waals surface area contributed by atoms with Gasteiger partial charge < -0.3 is 9.15 Å². The molecule has 0 aliphatic heterocycles. The highest BCUT2D eigenvalue weighted by molar-refractivity contribution is 5.97. The van der Waals surface area contributed by atoms with Crippen LogP contribution in [0.25, 0.3) is 11.0 Å². The summed E-state index contributed by atoms with van der Waals surface area (Å²) < 4.78 is 10.9. The van der Waals surface area contributed by atoms with E-state index in [1.165, 1.54) is 42.6 Å². The minimum Gasteiger partial charge on any atom is -0.451 e. The van der Waals surface area contributed by atoms with Crippen LogP contribution < -0.4 is 10.2 Å². The number of nitro benzene ring substituents is 3. The number of hydrazone groups is 1. The fourth-order valence-corrected chi connectivity index (χ4v) is 3.07. The van der Waals surface area contributed by atoms with Crippen molar-refractivity contribution in [3.8, 4) is 11.5 Å². The Kier molecular flexibility index (Phi) is 6.32. The van der Waals surface area contributed by atoms with Crippen molar-refractivity contribution in [1.29, 1.82) is 0 Å². The molecule has 14 nitrogen and oxygen atoms in total. The summed E-state index contributed by atoms with van der Waals surface area (Å²) in [5, 5.41) is 37.2. The molecule has 0 unspecified atom stereocenters. The van der Waals surface area contributed by atoms with Crippen LogP contribution in [0, 0.1) is 30.3 Å². The highest BCUT2D eigenvalue weighted by Gasteiger charge is 2.21. The first-order chi connectivity index (χ1) is 17.2. The molecular formula is C22H13N5O9. The minimum atomic E-state index is -0.782. The third-order valence-corrected chi connectivity index (χ3v) is 4.77. The maximum absolute atomic E-state index is 12.3. The van der Waals surface area contributed by atoms with E-state index in [4.69, 9.17) is 9.15 Å². The van der Waals surface area contributed by atoms with E-state index in [1.807, 2.05) is 0 Å². The normalized spacial score (nSPS) is 10.9. The molecular weight excluding hydrogens is 478 g/mol. The number of hydrogen-bond acceptors (Lipinski definition) is 10. The second-order valence-corrected chi connectivity index (χ2v) is 7.13. The summed E-state index contributed by atoms with van der Waals surface area (Å²) in [7, 11) is 0. The van der Waals surface area contributed by atoms with Gasteiger partial charge in [0, 0.05) is 23.6 Å². The van der Waals surface area contributed by atoms with Gasteiger partial charge in [0.2, 0.25) is 5.75 Å². The predicted molar refractivity (Wildman–Crippen MR) is 124 cm³/mol. The number of benzene rings is 3. The van der Waals surface area contributed by atoms with Crippen LogP contribution in [0.15, 0.2) is 76.2 Å². The molecule has 1 N–H and O–H groups in total. The molecule has 3 aromatic carbocycles. The van der Waals surface area contributed by atoms with Gasteiger partial charge in [-0.1, -0.05) is 0 Å². The van der Waals surface area contributed by atoms with Crippen molar-refractivity contribution in [2.75, 3.05) is 0 Å². The van der Waals surface area contributed by atoms with Gasteiger partial charge in [-0.3, -0.25) is 35.1 Å². The lowest BCUT2D eigenvalue weighted by Crippen LogP contribution is -2.16. The Hall–Kier alpha value is -5.66. The summed E-state index contributed by atoms with van der Waals surface area (Å²) in [6, 6.07) is 14.4. The average Bonchev–Trinajstić information content (AvgIpc) is 3.28. The number of nitro groups is 3. The fraction of sp³-hybridized carbons (Fsp3) is 0. The van der Waals surface area contributed by atoms with E-state index in [0.29, 0.717) is 16.5 Å². The molecule has 0 saturated heterocycles. The van der Waals surface area contributed by atoms with E-state index in [1.54, 1.807) is 12.1 Å². The number of furan rings is 1. The number of nitrogens with one attached hydrogen (secondary N) is 1. The molecule has 0 fully saturated rings. The van der Waals surface area contributed by atoms with Gasteiger partial charge in [-0.15, -0.1) is 0 Å². The molecule has 1 heterocycles. The number of hydrogen-bond donors (Lipinski definition) is 1. The van der Waals surface area contributed by atoms with Crippen molar-refractivity contribution in [3.63, 3.8) is 0 Å². The largest absolute Gasteiger partial charge is 0.451 e. The van der Waals surface area contributed by atoms with E-state index < -0.39 is 32.1 Å². The quantitative estimate of drug-likeness (QED) is 0.206. The molecule has 4 aromatic rings. The number of ether oxygens (including phenoxy) is 1. The van der Waals surface area contributed by atoms with Crippen molar-refractivity contribution in [1.82, 2.24) is 5.43 Å². The summed E-state index contributed by atoms with van der Waals surface area (Å²) >= 11 is 0. The van der Waals surface area contributed by atoms with Crippen molar-refractivity contribution in [2.45, 2.75) is 0 Å². The lowest BCUT2D eigenvalue weighted by atomic mass is 10.2. The smallest absolute Gasteiger partial charge is 0.318 e. The number of carbonyl (C=O) groups is 1. The second-order valence-electron chi connectivity index (χ2n) is 7.13. The Balaban J connectivity index is 1.41. The molecule has 4 rings (SSSR count). The first-order valence-electron chi connectivity index (χ1n) is 9.93. The van der Waals surface area contributed by atoms with E-state index in [9.17, 15) is 35.1 Å². The van der Waals surface area contributed by atoms with E-state index in [2.05, 4.69) is 10.5 Å². The topological polar surface area (TPSA) is 193 Å². The van der Waals surface area contributed by atoms with Crippen LogP contribution in [-0.4, -0.2) is 26.9 Å². The van der Waals surface area contributed by atoms with Crippen molar-refractivity contribution >= 4 is 40.2 Å². The number of fused-ring (bicyclic) bond motifs is 1.